The highest BCUT2D eigenvalue weighted by atomic mass is 32.2. The lowest BCUT2D eigenvalue weighted by Gasteiger charge is -2.43. The van der Waals surface area contributed by atoms with Crippen LogP contribution in [0, 0.1) is 5.92 Å². The van der Waals surface area contributed by atoms with Crippen molar-refractivity contribution in [1.29, 1.82) is 0 Å². The van der Waals surface area contributed by atoms with E-state index in [2.05, 4.69) is 0 Å². The highest BCUT2D eigenvalue weighted by molar-refractivity contribution is 7.93. The molecule has 2 aromatic carbocycles. The maximum Gasteiger partial charge on any atom is 0.235 e. The van der Waals surface area contributed by atoms with E-state index >= 15 is 0 Å². The van der Waals surface area contributed by atoms with Crippen LogP contribution in [0.25, 0.3) is 11.1 Å². The van der Waals surface area contributed by atoms with Gasteiger partial charge in [-0.15, -0.1) is 0 Å². The van der Waals surface area contributed by atoms with Gasteiger partial charge in [0.1, 0.15) is 0 Å². The van der Waals surface area contributed by atoms with Crippen molar-refractivity contribution in [3.05, 3.63) is 42.5 Å². The average Bonchev–Trinajstić information content (AvgIpc) is 3.10. The minimum absolute atomic E-state index is 0.0477. The standard InChI is InChI=1S/C25H29N3O4S/c1-17-16-26(25(30)19-6-3-7-19)24-15-21(10-11-23(24)28(17)18(2)29)20-8-4-9-22(14-20)27-12-5-13-33(27,31)32/h4,8-11,14-15,17,19H,3,5-7,12-13,16H2,1-2H3. The molecule has 0 N–H and O–H groups in total. The molecule has 174 valence electrons. The summed E-state index contributed by atoms with van der Waals surface area (Å²) >= 11 is 0. The van der Waals surface area contributed by atoms with Gasteiger partial charge in [-0.1, -0.05) is 24.6 Å². The predicted molar refractivity (Wildman–Crippen MR) is 130 cm³/mol. The molecule has 1 saturated heterocycles. The van der Waals surface area contributed by atoms with Crippen molar-refractivity contribution in [2.24, 2.45) is 5.92 Å². The molecule has 2 aromatic rings. The Balaban J connectivity index is 1.57. The summed E-state index contributed by atoms with van der Waals surface area (Å²) in [6.45, 7) is 4.49. The number of nitrogens with zero attached hydrogens (tertiary/aromatic N) is 3. The molecular weight excluding hydrogens is 438 g/mol. The summed E-state index contributed by atoms with van der Waals surface area (Å²) in [6, 6.07) is 13.2. The summed E-state index contributed by atoms with van der Waals surface area (Å²) in [5.41, 5.74) is 3.91. The quantitative estimate of drug-likeness (QED) is 0.688. The second kappa shape index (κ2) is 8.17. The zero-order chi connectivity index (χ0) is 23.3. The molecule has 3 aliphatic rings. The summed E-state index contributed by atoms with van der Waals surface area (Å²) in [7, 11) is -3.27. The number of benzene rings is 2. The van der Waals surface area contributed by atoms with Crippen LogP contribution in [0.2, 0.25) is 0 Å². The average molecular weight is 468 g/mol. The lowest BCUT2D eigenvalue weighted by molar-refractivity contribution is -0.125. The van der Waals surface area contributed by atoms with E-state index in [1.165, 1.54) is 4.31 Å². The van der Waals surface area contributed by atoms with E-state index in [-0.39, 0.29) is 29.5 Å². The van der Waals surface area contributed by atoms with E-state index in [9.17, 15) is 18.0 Å². The topological polar surface area (TPSA) is 78.0 Å². The fourth-order valence-electron chi connectivity index (χ4n) is 5.14. The second-order valence-corrected chi connectivity index (χ2v) is 11.3. The number of carbonyl (C=O) groups is 2. The molecule has 33 heavy (non-hydrogen) atoms. The first-order chi connectivity index (χ1) is 15.8. The first-order valence-electron chi connectivity index (χ1n) is 11.6. The third kappa shape index (κ3) is 3.80. The van der Waals surface area contributed by atoms with E-state index in [0.29, 0.717) is 25.2 Å². The largest absolute Gasteiger partial charge is 0.308 e. The van der Waals surface area contributed by atoms with Gasteiger partial charge in [-0.25, -0.2) is 8.42 Å². The van der Waals surface area contributed by atoms with Crippen molar-refractivity contribution in [3.63, 3.8) is 0 Å². The molecule has 1 saturated carbocycles. The van der Waals surface area contributed by atoms with Crippen LogP contribution in [0.4, 0.5) is 17.1 Å². The minimum atomic E-state index is -3.27. The summed E-state index contributed by atoms with van der Waals surface area (Å²) in [6.07, 6.45) is 3.55. The third-order valence-electron chi connectivity index (χ3n) is 7.04. The Labute approximate surface area is 195 Å². The van der Waals surface area contributed by atoms with E-state index < -0.39 is 10.0 Å². The van der Waals surface area contributed by atoms with Gasteiger partial charge in [-0.05, 0) is 61.6 Å². The molecule has 1 atom stereocenters. The summed E-state index contributed by atoms with van der Waals surface area (Å²) in [5, 5.41) is 0. The Bertz CT molecular complexity index is 1220. The molecule has 0 bridgehead atoms. The van der Waals surface area contributed by atoms with Crippen molar-refractivity contribution in [2.45, 2.75) is 45.6 Å². The maximum atomic E-state index is 13.3. The molecule has 2 aliphatic heterocycles. The maximum absolute atomic E-state index is 13.3. The van der Waals surface area contributed by atoms with Crippen LogP contribution in [-0.4, -0.2) is 45.1 Å². The Hall–Kier alpha value is -2.87. The molecule has 0 spiro atoms. The van der Waals surface area contributed by atoms with Crippen molar-refractivity contribution >= 4 is 38.9 Å². The Morgan fingerprint density at radius 2 is 1.73 bits per heavy atom. The number of carbonyl (C=O) groups excluding carboxylic acids is 2. The lowest BCUT2D eigenvalue weighted by Crippen LogP contribution is -2.53. The summed E-state index contributed by atoms with van der Waals surface area (Å²) < 4.78 is 26.3. The van der Waals surface area contributed by atoms with Crippen LogP contribution in [0.5, 0.6) is 0 Å². The van der Waals surface area contributed by atoms with Crippen LogP contribution < -0.4 is 14.1 Å². The molecule has 5 rings (SSSR count). The summed E-state index contributed by atoms with van der Waals surface area (Å²) in [4.78, 5) is 29.3. The van der Waals surface area contributed by atoms with E-state index in [1.54, 1.807) is 11.8 Å². The van der Waals surface area contributed by atoms with Gasteiger partial charge in [0.2, 0.25) is 21.8 Å². The van der Waals surface area contributed by atoms with Crippen molar-refractivity contribution < 1.29 is 18.0 Å². The molecular formula is C25H29N3O4S. The monoisotopic (exact) mass is 467 g/mol. The number of anilines is 3. The minimum Gasteiger partial charge on any atom is -0.308 e. The Morgan fingerprint density at radius 3 is 2.36 bits per heavy atom. The van der Waals surface area contributed by atoms with E-state index in [0.717, 1.165) is 41.8 Å². The number of hydrogen-bond acceptors (Lipinski definition) is 4. The highest BCUT2D eigenvalue weighted by Crippen LogP contribution is 2.41. The Morgan fingerprint density at radius 1 is 0.970 bits per heavy atom. The summed E-state index contributed by atoms with van der Waals surface area (Å²) in [5.74, 6) is 0.314. The first kappa shape index (κ1) is 21.9. The number of fused-ring (bicyclic) bond motifs is 1. The van der Waals surface area contributed by atoms with Gasteiger partial charge < -0.3 is 9.80 Å². The zero-order valence-electron chi connectivity index (χ0n) is 19.0. The lowest BCUT2D eigenvalue weighted by atomic mass is 9.84. The van der Waals surface area contributed by atoms with Crippen LogP contribution in [0.1, 0.15) is 39.5 Å². The van der Waals surface area contributed by atoms with Crippen LogP contribution >= 0.6 is 0 Å². The van der Waals surface area contributed by atoms with E-state index in [1.807, 2.05) is 54.3 Å². The molecule has 0 radical (unpaired) electrons. The smallest absolute Gasteiger partial charge is 0.235 e. The molecule has 2 amide bonds. The molecule has 1 aliphatic carbocycles. The van der Waals surface area contributed by atoms with Crippen molar-refractivity contribution in [2.75, 3.05) is 32.9 Å². The fraction of sp³-hybridized carbons (Fsp3) is 0.440. The van der Waals surface area contributed by atoms with Crippen LogP contribution in [0.3, 0.4) is 0 Å². The molecule has 1 unspecified atom stereocenters. The van der Waals surface area contributed by atoms with Gasteiger partial charge in [0.05, 0.1) is 28.9 Å². The normalized spacial score (nSPS) is 22.1. The predicted octanol–water partition coefficient (Wildman–Crippen LogP) is 3.78. The molecule has 2 fully saturated rings. The van der Waals surface area contributed by atoms with Gasteiger partial charge in [-0.2, -0.15) is 0 Å². The van der Waals surface area contributed by atoms with Crippen molar-refractivity contribution in [3.8, 4) is 11.1 Å². The zero-order valence-corrected chi connectivity index (χ0v) is 19.8. The van der Waals surface area contributed by atoms with Crippen molar-refractivity contribution in [1.82, 2.24) is 0 Å². The molecule has 7 nitrogen and oxygen atoms in total. The second-order valence-electron chi connectivity index (χ2n) is 9.31. The first-order valence-corrected chi connectivity index (χ1v) is 13.2. The Kier molecular flexibility index (Phi) is 5.43. The molecule has 0 aromatic heterocycles. The number of hydrogen-bond donors (Lipinski definition) is 0. The van der Waals surface area contributed by atoms with Gasteiger partial charge in [0.15, 0.2) is 0 Å². The van der Waals surface area contributed by atoms with Gasteiger partial charge in [0.25, 0.3) is 0 Å². The van der Waals surface area contributed by atoms with Gasteiger partial charge in [0, 0.05) is 25.9 Å². The third-order valence-corrected chi connectivity index (χ3v) is 8.91. The molecule has 8 heteroatoms. The highest BCUT2D eigenvalue weighted by Gasteiger charge is 2.38. The number of amides is 2. The SMILES string of the molecule is CC(=O)N1c2ccc(-c3cccc(N4CCCS4(=O)=O)c3)cc2N(C(=O)C2CCC2)CC1C. The van der Waals surface area contributed by atoms with Gasteiger partial charge in [-0.3, -0.25) is 13.9 Å². The number of sulfonamides is 1. The van der Waals surface area contributed by atoms with Crippen LogP contribution in [-0.2, 0) is 19.6 Å². The number of rotatable bonds is 3. The fourth-order valence-corrected chi connectivity index (χ4v) is 6.70. The molecule has 2 heterocycles. The van der Waals surface area contributed by atoms with Crippen LogP contribution in [0.15, 0.2) is 42.5 Å². The van der Waals surface area contributed by atoms with Gasteiger partial charge >= 0.3 is 0 Å². The van der Waals surface area contributed by atoms with E-state index in [4.69, 9.17) is 0 Å².